The first kappa shape index (κ1) is 25.5. The van der Waals surface area contributed by atoms with Gasteiger partial charge in [-0.3, -0.25) is 0 Å². The van der Waals surface area contributed by atoms with Gasteiger partial charge in [0.15, 0.2) is 23.0 Å². The third-order valence-corrected chi connectivity index (χ3v) is 5.65. The summed E-state index contributed by atoms with van der Waals surface area (Å²) in [5, 5.41) is 0. The highest BCUT2D eigenvalue weighted by Crippen LogP contribution is 2.36. The smallest absolute Gasteiger partial charge is 0.205 e. The fourth-order valence-corrected chi connectivity index (χ4v) is 3.67. The van der Waals surface area contributed by atoms with E-state index in [2.05, 4.69) is 4.57 Å². The van der Waals surface area contributed by atoms with E-state index in [-0.39, 0.29) is 0 Å². The lowest BCUT2D eigenvalue weighted by molar-refractivity contribution is -0.675. The molecule has 7 heteroatoms. The normalized spacial score (nSPS) is 11.1. The highest BCUT2D eigenvalue weighted by Gasteiger charge is 2.13. The minimum atomic E-state index is 0.616. The van der Waals surface area contributed by atoms with Gasteiger partial charge in [0.25, 0.3) is 0 Å². The van der Waals surface area contributed by atoms with Crippen LogP contribution in [-0.2, 0) is 7.05 Å². The molecule has 35 heavy (non-hydrogen) atoms. The Hall–Kier alpha value is -4.13. The monoisotopic (exact) mass is 478 g/mol. The molecule has 0 amide bonds. The lowest BCUT2D eigenvalue weighted by Gasteiger charge is -2.12. The number of rotatable bonds is 10. The molecular weight excluding hydrogens is 446 g/mol. The summed E-state index contributed by atoms with van der Waals surface area (Å²) in [4.78, 5) is 0. The summed E-state index contributed by atoms with van der Waals surface area (Å²) >= 11 is 0. The van der Waals surface area contributed by atoms with Crippen LogP contribution < -0.4 is 33.0 Å². The maximum atomic E-state index is 5.54. The molecule has 0 atom stereocenters. The fourth-order valence-electron chi connectivity index (χ4n) is 3.67. The van der Waals surface area contributed by atoms with Gasteiger partial charge in [0.2, 0.25) is 11.4 Å². The Kier molecular flexibility index (Phi) is 8.62. The Bertz CT molecular complexity index is 1140. The highest BCUT2D eigenvalue weighted by molar-refractivity contribution is 5.75. The summed E-state index contributed by atoms with van der Waals surface area (Å²) in [5.41, 5.74) is 3.76. The molecule has 0 aliphatic carbocycles. The Morgan fingerprint density at radius 3 is 1.17 bits per heavy atom. The van der Waals surface area contributed by atoms with Crippen LogP contribution in [0.1, 0.15) is 22.5 Å². The second-order valence-electron chi connectivity index (χ2n) is 7.50. The van der Waals surface area contributed by atoms with Crippen LogP contribution in [0.4, 0.5) is 0 Å². The van der Waals surface area contributed by atoms with Crippen LogP contribution in [0.25, 0.3) is 24.3 Å². The maximum absolute atomic E-state index is 5.54. The average Bonchev–Trinajstić information content (AvgIpc) is 2.90. The third kappa shape index (κ3) is 5.69. The van der Waals surface area contributed by atoms with Gasteiger partial charge in [0, 0.05) is 47.5 Å². The molecule has 7 nitrogen and oxygen atoms in total. The summed E-state index contributed by atoms with van der Waals surface area (Å²) < 4.78 is 34.8. The minimum Gasteiger partial charge on any atom is -0.496 e. The molecule has 0 fully saturated rings. The van der Waals surface area contributed by atoms with Crippen LogP contribution >= 0.6 is 0 Å². The average molecular weight is 479 g/mol. The largest absolute Gasteiger partial charge is 0.496 e. The van der Waals surface area contributed by atoms with Crippen molar-refractivity contribution in [1.29, 1.82) is 0 Å². The number of methoxy groups -OCH3 is 6. The summed E-state index contributed by atoms with van der Waals surface area (Å²) in [6, 6.07) is 13.5. The summed E-state index contributed by atoms with van der Waals surface area (Å²) in [7, 11) is 11.7. The molecule has 3 aromatic rings. The standard InChI is InChI=1S/C28H32NO6/c1-29-21(13-11-19-15-25(32-4)27(34-6)17-23(19)30-2)9-8-10-22(29)14-12-20-16-26(33-5)28(35-7)18-24(20)31-3/h8-18H,1-7H3/q+1/b13-11+,14-12+. The number of aromatic nitrogens is 1. The van der Waals surface area contributed by atoms with Crippen LogP contribution in [0, 0.1) is 0 Å². The molecule has 0 N–H and O–H groups in total. The number of pyridine rings is 1. The van der Waals surface area contributed by atoms with Crippen molar-refractivity contribution in [2.45, 2.75) is 0 Å². The molecule has 0 unspecified atom stereocenters. The predicted octanol–water partition coefficient (Wildman–Crippen LogP) is 4.90. The molecule has 0 saturated heterocycles. The summed E-state index contributed by atoms with van der Waals surface area (Å²) in [6.45, 7) is 0. The Balaban J connectivity index is 1.95. The van der Waals surface area contributed by atoms with E-state index in [0.29, 0.717) is 34.5 Å². The number of benzene rings is 2. The van der Waals surface area contributed by atoms with Crippen molar-refractivity contribution in [3.63, 3.8) is 0 Å². The first-order chi connectivity index (χ1) is 17.0. The molecule has 3 rings (SSSR count). The molecular formula is C28H32NO6+. The van der Waals surface area contributed by atoms with E-state index in [1.54, 1.807) is 42.7 Å². The molecule has 1 heterocycles. The summed E-state index contributed by atoms with van der Waals surface area (Å²) in [5.74, 6) is 3.89. The molecule has 0 aliphatic rings. The molecule has 0 saturated carbocycles. The van der Waals surface area contributed by atoms with E-state index in [0.717, 1.165) is 22.5 Å². The van der Waals surface area contributed by atoms with Gasteiger partial charge in [-0.2, -0.15) is 4.57 Å². The van der Waals surface area contributed by atoms with Crippen molar-refractivity contribution in [3.05, 3.63) is 65.0 Å². The first-order valence-corrected chi connectivity index (χ1v) is 10.9. The van der Waals surface area contributed by atoms with Gasteiger partial charge in [-0.1, -0.05) is 0 Å². The summed E-state index contributed by atoms with van der Waals surface area (Å²) in [6.07, 6.45) is 8.03. The molecule has 0 bridgehead atoms. The van der Waals surface area contributed by atoms with Gasteiger partial charge in [-0.15, -0.1) is 0 Å². The predicted molar refractivity (Wildman–Crippen MR) is 138 cm³/mol. The zero-order valence-electron chi connectivity index (χ0n) is 21.2. The van der Waals surface area contributed by atoms with Crippen molar-refractivity contribution >= 4 is 24.3 Å². The number of nitrogens with zero attached hydrogens (tertiary/aromatic N) is 1. The zero-order valence-corrected chi connectivity index (χ0v) is 21.2. The van der Waals surface area contributed by atoms with Crippen molar-refractivity contribution in [2.24, 2.45) is 7.05 Å². The van der Waals surface area contributed by atoms with Crippen LogP contribution in [0.3, 0.4) is 0 Å². The second-order valence-corrected chi connectivity index (χ2v) is 7.50. The van der Waals surface area contributed by atoms with E-state index < -0.39 is 0 Å². The van der Waals surface area contributed by atoms with Crippen LogP contribution in [0.2, 0.25) is 0 Å². The van der Waals surface area contributed by atoms with Gasteiger partial charge in [0.05, 0.1) is 42.7 Å². The van der Waals surface area contributed by atoms with E-state index in [1.807, 2.05) is 73.8 Å². The van der Waals surface area contributed by atoms with Gasteiger partial charge in [-0.05, 0) is 30.4 Å². The van der Waals surface area contributed by atoms with E-state index in [4.69, 9.17) is 28.4 Å². The van der Waals surface area contributed by atoms with Gasteiger partial charge in [-0.25, -0.2) is 0 Å². The lowest BCUT2D eigenvalue weighted by Crippen LogP contribution is -2.35. The Morgan fingerprint density at radius 1 is 0.486 bits per heavy atom. The fraction of sp³-hybridized carbons (Fsp3) is 0.250. The number of ether oxygens (including phenoxy) is 6. The van der Waals surface area contributed by atoms with Crippen molar-refractivity contribution in [1.82, 2.24) is 0 Å². The highest BCUT2D eigenvalue weighted by atomic mass is 16.5. The molecule has 0 spiro atoms. The number of hydrogen-bond acceptors (Lipinski definition) is 6. The van der Waals surface area contributed by atoms with Crippen LogP contribution in [-0.4, -0.2) is 42.7 Å². The topological polar surface area (TPSA) is 59.3 Å². The molecule has 0 radical (unpaired) electrons. The lowest BCUT2D eigenvalue weighted by atomic mass is 10.1. The maximum Gasteiger partial charge on any atom is 0.205 e. The van der Waals surface area contributed by atoms with Gasteiger partial charge in [0.1, 0.15) is 18.5 Å². The van der Waals surface area contributed by atoms with Gasteiger partial charge >= 0.3 is 0 Å². The van der Waals surface area contributed by atoms with Crippen molar-refractivity contribution in [2.75, 3.05) is 42.7 Å². The van der Waals surface area contributed by atoms with Crippen LogP contribution in [0.15, 0.2) is 42.5 Å². The molecule has 1 aromatic heterocycles. The number of hydrogen-bond donors (Lipinski definition) is 0. The van der Waals surface area contributed by atoms with E-state index >= 15 is 0 Å². The van der Waals surface area contributed by atoms with Crippen molar-refractivity contribution < 1.29 is 33.0 Å². The zero-order chi connectivity index (χ0) is 25.4. The third-order valence-electron chi connectivity index (χ3n) is 5.65. The molecule has 2 aromatic carbocycles. The van der Waals surface area contributed by atoms with E-state index in [9.17, 15) is 0 Å². The quantitative estimate of drug-likeness (QED) is 0.386. The SMILES string of the molecule is COc1cc(OC)c(OC)cc1/C=C/c1cccc(/C=C/c2cc(OC)c(OC)cc2OC)[n+]1C. The first-order valence-electron chi connectivity index (χ1n) is 10.9. The Morgan fingerprint density at radius 2 is 0.829 bits per heavy atom. The Labute approximate surface area is 206 Å². The van der Waals surface area contributed by atoms with E-state index in [1.165, 1.54) is 0 Å². The molecule has 0 aliphatic heterocycles. The van der Waals surface area contributed by atoms with Crippen LogP contribution in [0.5, 0.6) is 34.5 Å². The molecule has 184 valence electrons. The van der Waals surface area contributed by atoms with Crippen molar-refractivity contribution in [3.8, 4) is 34.5 Å². The minimum absolute atomic E-state index is 0.616. The second kappa shape index (κ2) is 11.8. The van der Waals surface area contributed by atoms with Gasteiger partial charge < -0.3 is 28.4 Å².